The summed E-state index contributed by atoms with van der Waals surface area (Å²) in [5, 5.41) is 12.1. The molecule has 2 N–H and O–H groups in total. The maximum Gasteiger partial charge on any atom is 0.223 e. The highest BCUT2D eigenvalue weighted by Crippen LogP contribution is 2.20. The van der Waals surface area contributed by atoms with Gasteiger partial charge in [0.25, 0.3) is 0 Å². The molecule has 0 unspecified atom stereocenters. The van der Waals surface area contributed by atoms with Crippen LogP contribution in [0.25, 0.3) is 0 Å². The van der Waals surface area contributed by atoms with Crippen molar-refractivity contribution in [3.05, 3.63) is 64.7 Å². The number of hydrogen-bond acceptors (Lipinski definition) is 3. The van der Waals surface area contributed by atoms with E-state index in [2.05, 4.69) is 5.32 Å². The van der Waals surface area contributed by atoms with Gasteiger partial charge >= 0.3 is 0 Å². The van der Waals surface area contributed by atoms with Crippen LogP contribution in [0.5, 0.6) is 5.75 Å². The lowest BCUT2D eigenvalue weighted by Gasteiger charge is -2.11. The summed E-state index contributed by atoms with van der Waals surface area (Å²) in [6.45, 7) is 4.78. The topological polar surface area (TPSA) is 58.6 Å². The first-order valence-corrected chi connectivity index (χ1v) is 7.75. The van der Waals surface area contributed by atoms with Gasteiger partial charge in [-0.3, -0.25) is 4.79 Å². The number of ether oxygens (including phenoxy) is 1. The third-order valence-electron chi connectivity index (χ3n) is 3.91. The fourth-order valence-corrected chi connectivity index (χ4v) is 2.30. The number of carbonyl (C=O) groups is 1. The lowest BCUT2D eigenvalue weighted by Crippen LogP contribution is -2.25. The molecule has 0 bridgehead atoms. The Morgan fingerprint density at radius 3 is 2.57 bits per heavy atom. The molecule has 2 aromatic carbocycles. The van der Waals surface area contributed by atoms with Gasteiger partial charge in [0, 0.05) is 6.54 Å². The van der Waals surface area contributed by atoms with Crippen molar-refractivity contribution in [1.29, 1.82) is 0 Å². The zero-order chi connectivity index (χ0) is 16.7. The molecule has 0 heterocycles. The zero-order valence-corrected chi connectivity index (χ0v) is 13.6. The first-order chi connectivity index (χ1) is 11.1. The Balaban J connectivity index is 1.78. The molecule has 2 aromatic rings. The number of hydrogen-bond donors (Lipinski definition) is 2. The average molecular weight is 313 g/mol. The number of rotatable bonds is 7. The van der Waals surface area contributed by atoms with Crippen LogP contribution in [-0.2, 0) is 17.9 Å². The third-order valence-corrected chi connectivity index (χ3v) is 3.91. The van der Waals surface area contributed by atoms with Gasteiger partial charge in [-0.15, -0.1) is 0 Å². The lowest BCUT2D eigenvalue weighted by atomic mass is 10.1. The Hall–Kier alpha value is -2.33. The van der Waals surface area contributed by atoms with Crippen LogP contribution >= 0.6 is 0 Å². The maximum absolute atomic E-state index is 11.9. The molecule has 0 aliphatic carbocycles. The number of aliphatic hydroxyl groups excluding tert-OH is 1. The Morgan fingerprint density at radius 1 is 1.09 bits per heavy atom. The predicted octanol–water partition coefficient (Wildman–Crippen LogP) is 2.88. The summed E-state index contributed by atoms with van der Waals surface area (Å²) >= 11 is 0. The number of nitrogens with one attached hydrogen (secondary N) is 1. The minimum Gasteiger partial charge on any atom is -0.493 e. The first kappa shape index (κ1) is 17.0. The van der Waals surface area contributed by atoms with Crippen LogP contribution in [0.15, 0.2) is 42.5 Å². The number of aliphatic hydroxyl groups is 1. The second-order valence-corrected chi connectivity index (χ2v) is 5.50. The van der Waals surface area contributed by atoms with Crippen LogP contribution in [0.1, 0.15) is 28.7 Å². The Labute approximate surface area is 137 Å². The molecule has 4 nitrogen and oxygen atoms in total. The van der Waals surface area contributed by atoms with E-state index in [-0.39, 0.29) is 12.5 Å². The fourth-order valence-electron chi connectivity index (χ4n) is 2.30. The molecule has 0 fully saturated rings. The molecule has 0 spiro atoms. The molecular weight excluding hydrogens is 290 g/mol. The predicted molar refractivity (Wildman–Crippen MR) is 90.2 cm³/mol. The van der Waals surface area contributed by atoms with Crippen molar-refractivity contribution in [2.45, 2.75) is 33.4 Å². The summed E-state index contributed by atoms with van der Waals surface area (Å²) in [4.78, 5) is 11.9. The van der Waals surface area contributed by atoms with Crippen molar-refractivity contribution < 1.29 is 14.6 Å². The van der Waals surface area contributed by atoms with Crippen molar-refractivity contribution in [1.82, 2.24) is 5.32 Å². The molecule has 1 amide bonds. The van der Waals surface area contributed by atoms with Gasteiger partial charge in [-0.25, -0.2) is 0 Å². The van der Waals surface area contributed by atoms with Crippen LogP contribution in [-0.4, -0.2) is 17.6 Å². The minimum atomic E-state index is -0.0666. The van der Waals surface area contributed by atoms with Crippen molar-refractivity contribution >= 4 is 5.91 Å². The first-order valence-electron chi connectivity index (χ1n) is 7.75. The molecule has 0 aromatic heterocycles. The van der Waals surface area contributed by atoms with E-state index >= 15 is 0 Å². The Morgan fingerprint density at radius 2 is 1.83 bits per heavy atom. The van der Waals surface area contributed by atoms with Gasteiger partial charge in [-0.2, -0.15) is 0 Å². The van der Waals surface area contributed by atoms with Crippen molar-refractivity contribution in [2.24, 2.45) is 0 Å². The largest absolute Gasteiger partial charge is 0.493 e. The monoisotopic (exact) mass is 313 g/mol. The fraction of sp³-hybridized carbons (Fsp3) is 0.316. The Kier molecular flexibility index (Phi) is 6.18. The van der Waals surface area contributed by atoms with Gasteiger partial charge in [0.05, 0.1) is 19.6 Å². The summed E-state index contributed by atoms with van der Waals surface area (Å²) in [6.07, 6.45) is 0.300. The normalized spacial score (nSPS) is 10.4. The van der Waals surface area contributed by atoms with Crippen LogP contribution in [0, 0.1) is 13.8 Å². The van der Waals surface area contributed by atoms with Crippen LogP contribution in [0.2, 0.25) is 0 Å². The number of benzene rings is 2. The van der Waals surface area contributed by atoms with Gasteiger partial charge in [0.2, 0.25) is 5.91 Å². The highest BCUT2D eigenvalue weighted by Gasteiger charge is 2.06. The van der Waals surface area contributed by atoms with Gasteiger partial charge in [0.15, 0.2) is 0 Å². The highest BCUT2D eigenvalue weighted by molar-refractivity contribution is 5.76. The summed E-state index contributed by atoms with van der Waals surface area (Å²) in [6, 6.07) is 13.4. The molecule has 23 heavy (non-hydrogen) atoms. The summed E-state index contributed by atoms with van der Waals surface area (Å²) < 4.78 is 5.68. The van der Waals surface area contributed by atoms with E-state index in [1.54, 1.807) is 0 Å². The van der Waals surface area contributed by atoms with Crippen molar-refractivity contribution in [2.75, 3.05) is 6.61 Å². The van der Waals surface area contributed by atoms with E-state index in [9.17, 15) is 9.90 Å². The van der Waals surface area contributed by atoms with Gasteiger partial charge in [0.1, 0.15) is 5.75 Å². The van der Waals surface area contributed by atoms with E-state index in [1.807, 2.05) is 56.3 Å². The second-order valence-electron chi connectivity index (χ2n) is 5.50. The quantitative estimate of drug-likeness (QED) is 0.826. The maximum atomic E-state index is 11.9. The minimum absolute atomic E-state index is 0.0260. The molecule has 0 saturated carbocycles. The van der Waals surface area contributed by atoms with E-state index in [0.29, 0.717) is 19.6 Å². The molecule has 0 aliphatic rings. The summed E-state index contributed by atoms with van der Waals surface area (Å²) in [5.74, 6) is 0.756. The molecule has 0 atom stereocenters. The van der Waals surface area contributed by atoms with Crippen LogP contribution in [0.4, 0.5) is 0 Å². The lowest BCUT2D eigenvalue weighted by molar-refractivity contribution is -0.121. The molecule has 2 rings (SSSR count). The average Bonchev–Trinajstić information content (AvgIpc) is 2.57. The highest BCUT2D eigenvalue weighted by atomic mass is 16.5. The van der Waals surface area contributed by atoms with E-state index < -0.39 is 0 Å². The van der Waals surface area contributed by atoms with Crippen molar-refractivity contribution in [3.8, 4) is 5.75 Å². The molecular formula is C19H23NO3. The van der Waals surface area contributed by atoms with Gasteiger partial charge in [-0.05, 0) is 42.2 Å². The van der Waals surface area contributed by atoms with Crippen molar-refractivity contribution in [3.63, 3.8) is 0 Å². The van der Waals surface area contributed by atoms with E-state index in [0.717, 1.165) is 22.4 Å². The molecule has 122 valence electrons. The number of carbonyl (C=O) groups excluding carboxylic acids is 1. The Bertz CT molecular complexity index is 667. The second kappa shape index (κ2) is 8.34. The molecule has 4 heteroatoms. The number of aryl methyl sites for hydroxylation is 1. The third kappa shape index (κ3) is 4.83. The van der Waals surface area contributed by atoms with Crippen LogP contribution < -0.4 is 10.1 Å². The summed E-state index contributed by atoms with van der Waals surface area (Å²) in [5.41, 5.74) is 4.04. The van der Waals surface area contributed by atoms with Gasteiger partial charge < -0.3 is 15.2 Å². The summed E-state index contributed by atoms with van der Waals surface area (Å²) in [7, 11) is 0. The van der Waals surface area contributed by atoms with E-state index in [4.69, 9.17) is 4.74 Å². The smallest absolute Gasteiger partial charge is 0.223 e. The van der Waals surface area contributed by atoms with E-state index in [1.165, 1.54) is 5.56 Å². The molecule has 0 aliphatic heterocycles. The van der Waals surface area contributed by atoms with Gasteiger partial charge in [-0.1, -0.05) is 36.4 Å². The molecule has 0 saturated heterocycles. The zero-order valence-electron chi connectivity index (χ0n) is 13.6. The molecule has 0 radical (unpaired) electrons. The SMILES string of the molecule is Cc1cccc(OCCC(=O)NCc2ccccc2CO)c1C. The number of amides is 1. The van der Waals surface area contributed by atoms with Crippen LogP contribution in [0.3, 0.4) is 0 Å². The standard InChI is InChI=1S/C19H23NO3/c1-14-6-5-9-18(15(14)2)23-11-10-19(22)20-12-16-7-3-4-8-17(16)13-21/h3-9,21H,10-13H2,1-2H3,(H,20,22).